The van der Waals surface area contributed by atoms with Crippen molar-refractivity contribution in [3.05, 3.63) is 65.4 Å². The Kier molecular flexibility index (Phi) is 5.01. The Morgan fingerprint density at radius 1 is 1.09 bits per heavy atom. The van der Waals surface area contributed by atoms with E-state index in [1.165, 1.54) is 17.9 Å². The number of carbonyl (C=O) groups is 5. The molecule has 2 aliphatic heterocycles. The molecule has 2 aliphatic rings. The third-order valence-corrected chi connectivity index (χ3v) is 5.77. The Morgan fingerprint density at radius 2 is 1.88 bits per heavy atom. The molecule has 34 heavy (non-hydrogen) atoms. The number of aromatic nitrogens is 3. The Bertz CT molecular complexity index is 1390. The molecule has 1 aromatic heterocycles. The molecule has 3 heterocycles. The van der Waals surface area contributed by atoms with Crippen LogP contribution in [0, 0.1) is 0 Å². The second-order valence-corrected chi connectivity index (χ2v) is 7.77. The Morgan fingerprint density at radius 3 is 2.65 bits per heavy atom. The zero-order valence-corrected chi connectivity index (χ0v) is 17.8. The Hall–Kier alpha value is -4.67. The smallest absolute Gasteiger partial charge is 0.337 e. The summed E-state index contributed by atoms with van der Waals surface area (Å²) in [5.41, 5.74) is 1.93. The van der Waals surface area contributed by atoms with Crippen LogP contribution >= 0.6 is 0 Å². The number of amides is 4. The van der Waals surface area contributed by atoms with Crippen LogP contribution in [0.1, 0.15) is 43.9 Å². The third-order valence-electron chi connectivity index (χ3n) is 5.77. The standard InChI is InChI=1S/C23H17N5O6/c1-34-23(33)13-5-2-4-12(10-13)15-11-27(26-25-15)16-7-3-6-14-19(16)22(32)28(21(14)31)17-8-9-18(29)24-20(17)30/h2-7,10-11,17H,8-9H2,1H3,(H,24,29,30). The van der Waals surface area contributed by atoms with Gasteiger partial charge in [-0.05, 0) is 30.7 Å². The summed E-state index contributed by atoms with van der Waals surface area (Å²) in [6.45, 7) is 0. The zero-order chi connectivity index (χ0) is 24.0. The lowest BCUT2D eigenvalue weighted by Gasteiger charge is -2.27. The predicted molar refractivity (Wildman–Crippen MR) is 115 cm³/mol. The fourth-order valence-electron chi connectivity index (χ4n) is 4.13. The summed E-state index contributed by atoms with van der Waals surface area (Å²) in [5, 5.41) is 10.4. The molecule has 11 heteroatoms. The first kappa shape index (κ1) is 21.2. The molecule has 170 valence electrons. The van der Waals surface area contributed by atoms with Gasteiger partial charge in [0.25, 0.3) is 11.8 Å². The van der Waals surface area contributed by atoms with Crippen molar-refractivity contribution < 1.29 is 28.7 Å². The minimum absolute atomic E-state index is 0.0355. The van der Waals surface area contributed by atoms with E-state index in [2.05, 4.69) is 15.6 Å². The van der Waals surface area contributed by atoms with Crippen LogP contribution in [0.25, 0.3) is 16.9 Å². The van der Waals surface area contributed by atoms with Crippen molar-refractivity contribution in [2.24, 2.45) is 0 Å². The number of nitrogens with zero attached hydrogens (tertiary/aromatic N) is 4. The third kappa shape index (κ3) is 3.34. The number of benzene rings is 2. The van der Waals surface area contributed by atoms with Gasteiger partial charge < -0.3 is 4.74 Å². The van der Waals surface area contributed by atoms with Gasteiger partial charge in [-0.15, -0.1) is 5.10 Å². The monoisotopic (exact) mass is 459 g/mol. The molecule has 4 amide bonds. The number of methoxy groups -OCH3 is 1. The van der Waals surface area contributed by atoms with E-state index in [1.807, 2.05) is 0 Å². The number of hydrogen-bond donors (Lipinski definition) is 1. The highest BCUT2D eigenvalue weighted by Crippen LogP contribution is 2.32. The molecule has 11 nitrogen and oxygen atoms in total. The Labute approximate surface area is 192 Å². The number of piperidine rings is 1. The van der Waals surface area contributed by atoms with Crippen molar-refractivity contribution in [2.45, 2.75) is 18.9 Å². The van der Waals surface area contributed by atoms with Crippen LogP contribution in [0.2, 0.25) is 0 Å². The number of imide groups is 2. The summed E-state index contributed by atoms with van der Waals surface area (Å²) in [6.07, 6.45) is 1.67. The van der Waals surface area contributed by atoms with Gasteiger partial charge in [0.2, 0.25) is 11.8 Å². The van der Waals surface area contributed by atoms with E-state index in [-0.39, 0.29) is 24.0 Å². The molecule has 2 aromatic carbocycles. The van der Waals surface area contributed by atoms with E-state index in [0.29, 0.717) is 22.5 Å². The SMILES string of the molecule is COC(=O)c1cccc(-c2cn(-c3cccc4c3C(=O)N(C3CCC(=O)NC3=O)C4=O)nn2)c1. The van der Waals surface area contributed by atoms with Crippen LogP contribution in [0.4, 0.5) is 0 Å². The second-order valence-electron chi connectivity index (χ2n) is 7.77. The molecular formula is C23H17N5O6. The maximum atomic E-state index is 13.3. The van der Waals surface area contributed by atoms with Crippen molar-refractivity contribution in [3.8, 4) is 16.9 Å². The normalized spacial score (nSPS) is 17.6. The molecule has 0 bridgehead atoms. The van der Waals surface area contributed by atoms with Crippen LogP contribution in [0.5, 0.6) is 0 Å². The number of rotatable bonds is 4. The highest BCUT2D eigenvalue weighted by Gasteiger charge is 2.45. The molecule has 0 saturated carbocycles. The molecule has 0 spiro atoms. The highest BCUT2D eigenvalue weighted by molar-refractivity contribution is 6.24. The lowest BCUT2D eigenvalue weighted by atomic mass is 10.0. The summed E-state index contributed by atoms with van der Waals surface area (Å²) in [6, 6.07) is 10.3. The van der Waals surface area contributed by atoms with E-state index >= 15 is 0 Å². The average molecular weight is 459 g/mol. The van der Waals surface area contributed by atoms with Gasteiger partial charge in [-0.3, -0.25) is 29.4 Å². The van der Waals surface area contributed by atoms with Crippen molar-refractivity contribution in [2.75, 3.05) is 7.11 Å². The topological polar surface area (TPSA) is 141 Å². The van der Waals surface area contributed by atoms with Gasteiger partial charge in [0, 0.05) is 12.0 Å². The minimum Gasteiger partial charge on any atom is -0.465 e. The average Bonchev–Trinajstić information content (AvgIpc) is 3.43. The van der Waals surface area contributed by atoms with E-state index in [4.69, 9.17) is 4.74 Å². The van der Waals surface area contributed by atoms with Crippen molar-refractivity contribution >= 4 is 29.6 Å². The Balaban J connectivity index is 1.51. The van der Waals surface area contributed by atoms with Gasteiger partial charge in [0.05, 0.1) is 35.7 Å². The van der Waals surface area contributed by atoms with Gasteiger partial charge in [0.15, 0.2) is 0 Å². The maximum absolute atomic E-state index is 13.3. The van der Waals surface area contributed by atoms with E-state index in [1.54, 1.807) is 42.6 Å². The molecule has 1 unspecified atom stereocenters. The second kappa shape index (κ2) is 8.03. The van der Waals surface area contributed by atoms with Gasteiger partial charge in [0.1, 0.15) is 11.7 Å². The first-order chi connectivity index (χ1) is 16.4. The molecular weight excluding hydrogens is 442 g/mol. The molecule has 1 fully saturated rings. The van der Waals surface area contributed by atoms with Crippen LogP contribution in [-0.2, 0) is 14.3 Å². The fourth-order valence-corrected chi connectivity index (χ4v) is 4.13. The predicted octanol–water partition coefficient (Wildman–Crippen LogP) is 1.12. The first-order valence-electron chi connectivity index (χ1n) is 10.3. The van der Waals surface area contributed by atoms with Crippen LogP contribution < -0.4 is 5.32 Å². The molecule has 1 atom stereocenters. The van der Waals surface area contributed by atoms with Gasteiger partial charge in [-0.2, -0.15) is 0 Å². The lowest BCUT2D eigenvalue weighted by molar-refractivity contribution is -0.136. The van der Waals surface area contributed by atoms with Gasteiger partial charge in [-0.25, -0.2) is 9.48 Å². The van der Waals surface area contributed by atoms with E-state index in [9.17, 15) is 24.0 Å². The number of fused-ring (bicyclic) bond motifs is 1. The fraction of sp³-hybridized carbons (Fsp3) is 0.174. The quantitative estimate of drug-likeness (QED) is 0.452. The molecule has 0 aliphatic carbocycles. The van der Waals surface area contributed by atoms with Crippen molar-refractivity contribution in [1.82, 2.24) is 25.2 Å². The number of carbonyl (C=O) groups excluding carboxylic acids is 5. The number of hydrogen-bond acceptors (Lipinski definition) is 8. The molecule has 0 radical (unpaired) electrons. The summed E-state index contributed by atoms with van der Waals surface area (Å²) >= 11 is 0. The zero-order valence-electron chi connectivity index (χ0n) is 17.8. The van der Waals surface area contributed by atoms with Gasteiger partial charge in [-0.1, -0.05) is 23.4 Å². The number of esters is 1. The van der Waals surface area contributed by atoms with Crippen LogP contribution in [0.15, 0.2) is 48.7 Å². The van der Waals surface area contributed by atoms with Crippen LogP contribution in [0.3, 0.4) is 0 Å². The van der Waals surface area contributed by atoms with Crippen molar-refractivity contribution in [3.63, 3.8) is 0 Å². The maximum Gasteiger partial charge on any atom is 0.337 e. The van der Waals surface area contributed by atoms with Crippen LogP contribution in [-0.4, -0.2) is 62.6 Å². The number of nitrogens with one attached hydrogen (secondary N) is 1. The number of ether oxygens (including phenoxy) is 1. The summed E-state index contributed by atoms with van der Waals surface area (Å²) in [5.74, 6) is -2.86. The minimum atomic E-state index is -1.06. The summed E-state index contributed by atoms with van der Waals surface area (Å²) < 4.78 is 6.11. The molecule has 5 rings (SSSR count). The van der Waals surface area contributed by atoms with Crippen molar-refractivity contribution in [1.29, 1.82) is 0 Å². The lowest BCUT2D eigenvalue weighted by Crippen LogP contribution is -2.54. The highest BCUT2D eigenvalue weighted by atomic mass is 16.5. The van der Waals surface area contributed by atoms with E-state index < -0.39 is 35.6 Å². The van der Waals surface area contributed by atoms with Gasteiger partial charge >= 0.3 is 5.97 Å². The molecule has 3 aromatic rings. The molecule has 1 N–H and O–H groups in total. The molecule has 1 saturated heterocycles. The summed E-state index contributed by atoms with van der Waals surface area (Å²) in [4.78, 5) is 62.8. The largest absolute Gasteiger partial charge is 0.465 e. The summed E-state index contributed by atoms with van der Waals surface area (Å²) in [7, 11) is 1.29. The first-order valence-corrected chi connectivity index (χ1v) is 10.3. The van der Waals surface area contributed by atoms with E-state index in [0.717, 1.165) is 4.90 Å².